The predicted molar refractivity (Wildman–Crippen MR) is 107 cm³/mol. The number of hydrogen-bond donors (Lipinski definition) is 6. The van der Waals surface area contributed by atoms with Crippen LogP contribution in [0.15, 0.2) is 75.8 Å². The van der Waals surface area contributed by atoms with Crippen LogP contribution in [0.2, 0.25) is 0 Å². The second kappa shape index (κ2) is 8.52. The fourth-order valence-corrected chi connectivity index (χ4v) is 2.32. The van der Waals surface area contributed by atoms with Gasteiger partial charge in [0.2, 0.25) is 0 Å². The van der Waals surface area contributed by atoms with E-state index in [9.17, 15) is 0 Å². The van der Waals surface area contributed by atoms with Crippen LogP contribution in [0, 0.1) is 10.8 Å². The van der Waals surface area contributed by atoms with Crippen molar-refractivity contribution in [3.63, 3.8) is 0 Å². The van der Waals surface area contributed by atoms with Crippen LogP contribution in [0.4, 0.5) is 0 Å². The minimum atomic E-state index is 0.175. The summed E-state index contributed by atoms with van der Waals surface area (Å²) in [5.41, 5.74) is 9.76. The Morgan fingerprint density at radius 3 is 2.69 bits per heavy atom. The normalized spacial score (nSPS) is 17.0. The zero-order valence-electron chi connectivity index (χ0n) is 15.1. The molecular weight excluding hydrogens is 328 g/mol. The zero-order valence-corrected chi connectivity index (χ0v) is 15.1. The quantitative estimate of drug-likeness (QED) is 0.313. The number of dihydropyridines is 2. The average molecular weight is 352 g/mol. The zero-order chi connectivity index (χ0) is 19.1. The van der Waals surface area contributed by atoms with Crippen molar-refractivity contribution in [3.05, 3.63) is 70.8 Å². The molecule has 0 amide bonds. The third-order valence-corrected chi connectivity index (χ3v) is 3.67. The number of nitrogens with two attached hydrogens (primary N) is 1. The number of hydrogen-bond acceptors (Lipinski definition) is 7. The molecule has 2 heterocycles. The van der Waals surface area contributed by atoms with Gasteiger partial charge in [0.05, 0.1) is 17.1 Å². The maximum absolute atomic E-state index is 8.07. The molecule has 0 spiro atoms. The molecule has 0 radical (unpaired) electrons. The van der Waals surface area contributed by atoms with Gasteiger partial charge in [0.25, 0.3) is 0 Å². The third-order valence-electron chi connectivity index (χ3n) is 3.67. The molecule has 0 saturated heterocycles. The van der Waals surface area contributed by atoms with E-state index in [4.69, 9.17) is 16.6 Å². The molecule has 0 unspecified atom stereocenters. The molecule has 136 valence electrons. The molecule has 0 aromatic carbocycles. The molecule has 0 bridgehead atoms. The first-order valence-electron chi connectivity index (χ1n) is 7.95. The first-order valence-corrected chi connectivity index (χ1v) is 7.95. The van der Waals surface area contributed by atoms with Crippen LogP contribution in [-0.4, -0.2) is 44.3 Å². The molecule has 2 aliphatic heterocycles. The van der Waals surface area contributed by atoms with Crippen molar-refractivity contribution >= 4 is 18.3 Å². The third kappa shape index (κ3) is 4.50. The van der Waals surface area contributed by atoms with Gasteiger partial charge in [-0.2, -0.15) is 0 Å². The Hall–Kier alpha value is -3.55. The Kier molecular flexibility index (Phi) is 6.15. The van der Waals surface area contributed by atoms with Crippen LogP contribution in [0.3, 0.4) is 0 Å². The van der Waals surface area contributed by atoms with Crippen LogP contribution in [0.5, 0.6) is 0 Å². The molecule has 0 atom stereocenters. The highest BCUT2D eigenvalue weighted by Gasteiger charge is 2.16. The molecule has 0 saturated carbocycles. The van der Waals surface area contributed by atoms with Gasteiger partial charge in [-0.3, -0.25) is 10.4 Å². The molecule has 0 fully saturated rings. The average Bonchev–Trinajstić information content (AvgIpc) is 2.63. The number of nitrogens with one attached hydrogen (secondary N) is 5. The Morgan fingerprint density at radius 2 is 2.08 bits per heavy atom. The first kappa shape index (κ1) is 18.8. The Bertz CT molecular complexity index is 803. The highest BCUT2D eigenvalue weighted by Crippen LogP contribution is 2.21. The summed E-state index contributed by atoms with van der Waals surface area (Å²) in [7, 11) is 5.34. The Labute approximate surface area is 153 Å². The van der Waals surface area contributed by atoms with Gasteiger partial charge in [-0.25, -0.2) is 0 Å². The summed E-state index contributed by atoms with van der Waals surface area (Å²) in [6.45, 7) is 0. The standard InChI is InChI=1S/C18H24N8/c1-22-10-13(8-19)12-6-16-15(23-11-12)4-5-18(24-16)25-17(21)7-14(9-20)26(2)3/h4-11,20,23-24H,19H2,1-3H3,(H2,21,25). The number of rotatable bonds is 6. The highest BCUT2D eigenvalue weighted by atomic mass is 15.1. The molecule has 7 N–H and O–H groups in total. The lowest BCUT2D eigenvalue weighted by Crippen LogP contribution is -2.35. The summed E-state index contributed by atoms with van der Waals surface area (Å²) >= 11 is 0. The summed E-state index contributed by atoms with van der Waals surface area (Å²) in [6, 6.07) is 0. The number of allylic oxidation sites excluding steroid dienone is 6. The van der Waals surface area contributed by atoms with E-state index >= 15 is 0 Å². The van der Waals surface area contributed by atoms with E-state index in [1.165, 1.54) is 12.4 Å². The summed E-state index contributed by atoms with van der Waals surface area (Å²) in [4.78, 5) is 5.77. The van der Waals surface area contributed by atoms with Crippen LogP contribution in [0.25, 0.3) is 0 Å². The minimum absolute atomic E-state index is 0.175. The van der Waals surface area contributed by atoms with Crippen LogP contribution in [0.1, 0.15) is 0 Å². The topological polar surface area (TPSA) is 125 Å². The first-order chi connectivity index (χ1) is 12.5. The van der Waals surface area contributed by atoms with Gasteiger partial charge >= 0.3 is 0 Å². The number of amidine groups is 1. The number of aliphatic imine (C=N–C) groups is 1. The van der Waals surface area contributed by atoms with Gasteiger partial charge in [0.15, 0.2) is 0 Å². The maximum atomic E-state index is 8.07. The van der Waals surface area contributed by atoms with Crippen molar-refractivity contribution in [1.29, 1.82) is 10.8 Å². The molecule has 0 aromatic heterocycles. The summed E-state index contributed by atoms with van der Waals surface area (Å²) in [5.74, 6) is 0.836. The molecule has 8 heteroatoms. The van der Waals surface area contributed by atoms with Crippen molar-refractivity contribution < 1.29 is 0 Å². The van der Waals surface area contributed by atoms with Crippen molar-refractivity contribution in [2.45, 2.75) is 0 Å². The molecular formula is C18H24N8. The lowest BCUT2D eigenvalue weighted by molar-refractivity contribution is 0.542. The van der Waals surface area contributed by atoms with Crippen molar-refractivity contribution in [2.75, 3.05) is 21.1 Å². The smallest absolute Gasteiger partial charge is 0.125 e. The Balaban J connectivity index is 2.14. The maximum Gasteiger partial charge on any atom is 0.125 e. The summed E-state index contributed by atoms with van der Waals surface area (Å²) < 4.78 is 0. The van der Waals surface area contributed by atoms with Gasteiger partial charge in [-0.05, 0) is 18.2 Å². The fraction of sp³-hybridized carbons (Fsp3) is 0.167. The van der Waals surface area contributed by atoms with E-state index in [2.05, 4.69) is 20.9 Å². The van der Waals surface area contributed by atoms with E-state index in [0.29, 0.717) is 11.5 Å². The van der Waals surface area contributed by atoms with Gasteiger partial charge in [0, 0.05) is 63.2 Å². The van der Waals surface area contributed by atoms with Crippen molar-refractivity contribution in [2.24, 2.45) is 10.7 Å². The number of fused-ring (bicyclic) bond motifs is 1. The van der Waals surface area contributed by atoms with Crippen LogP contribution in [-0.2, 0) is 0 Å². The minimum Gasteiger partial charge on any atom is -0.404 e. The van der Waals surface area contributed by atoms with E-state index in [1.54, 1.807) is 24.2 Å². The SMILES string of the molecule is CN=CC(=CN)C1=CNC2=CC=C(NC(=N)C=C(C=N)N(C)C)NC2=C1. The van der Waals surface area contributed by atoms with Gasteiger partial charge < -0.3 is 32.0 Å². The lowest BCUT2D eigenvalue weighted by Gasteiger charge is -2.25. The van der Waals surface area contributed by atoms with E-state index < -0.39 is 0 Å². The predicted octanol–water partition coefficient (Wildman–Crippen LogP) is 0.891. The molecule has 26 heavy (non-hydrogen) atoms. The van der Waals surface area contributed by atoms with Crippen molar-refractivity contribution in [1.82, 2.24) is 20.9 Å². The summed E-state index contributed by atoms with van der Waals surface area (Å²) in [5, 5.41) is 24.9. The molecule has 8 nitrogen and oxygen atoms in total. The van der Waals surface area contributed by atoms with Gasteiger partial charge in [0.1, 0.15) is 11.7 Å². The van der Waals surface area contributed by atoms with E-state index in [0.717, 1.165) is 22.5 Å². The number of nitrogens with zero attached hydrogens (tertiary/aromatic N) is 2. The molecule has 0 aliphatic carbocycles. The molecule has 0 aromatic rings. The lowest BCUT2D eigenvalue weighted by atomic mass is 10.0. The Morgan fingerprint density at radius 1 is 1.31 bits per heavy atom. The van der Waals surface area contributed by atoms with Crippen molar-refractivity contribution in [3.8, 4) is 0 Å². The summed E-state index contributed by atoms with van der Waals surface area (Å²) in [6.07, 6.45) is 13.6. The largest absolute Gasteiger partial charge is 0.404 e. The fourth-order valence-electron chi connectivity index (χ4n) is 2.32. The van der Waals surface area contributed by atoms with Crippen LogP contribution < -0.4 is 21.7 Å². The second-order valence-electron chi connectivity index (χ2n) is 5.74. The van der Waals surface area contributed by atoms with E-state index in [1.807, 2.05) is 38.5 Å². The second-order valence-corrected chi connectivity index (χ2v) is 5.74. The monoisotopic (exact) mass is 352 g/mol. The molecule has 2 rings (SSSR count). The molecule has 2 aliphatic rings. The highest BCUT2D eigenvalue weighted by molar-refractivity contribution is 5.96. The van der Waals surface area contributed by atoms with E-state index in [-0.39, 0.29) is 5.84 Å². The van der Waals surface area contributed by atoms with Gasteiger partial charge in [-0.15, -0.1) is 0 Å². The van der Waals surface area contributed by atoms with Crippen LogP contribution >= 0.6 is 0 Å². The van der Waals surface area contributed by atoms with Gasteiger partial charge in [-0.1, -0.05) is 0 Å².